The van der Waals surface area contributed by atoms with Crippen molar-refractivity contribution < 1.29 is 12.8 Å². The quantitative estimate of drug-likeness (QED) is 0.331. The molecule has 0 atom stereocenters. The molecular weight excluding hydrogens is 531 g/mol. The molecule has 38 heavy (non-hydrogen) atoms. The molecule has 0 amide bonds. The van der Waals surface area contributed by atoms with Crippen molar-refractivity contribution in [1.82, 2.24) is 28.2 Å². The third-order valence-corrected chi connectivity index (χ3v) is 9.49. The zero-order valence-electron chi connectivity index (χ0n) is 20.9. The van der Waals surface area contributed by atoms with E-state index in [1.54, 1.807) is 22.4 Å². The summed E-state index contributed by atoms with van der Waals surface area (Å²) >= 11 is 1.47. The lowest BCUT2D eigenvalue weighted by molar-refractivity contribution is 0.572. The minimum Gasteiger partial charge on any atom is -0.348 e. The van der Waals surface area contributed by atoms with E-state index in [0.717, 1.165) is 33.1 Å². The summed E-state index contributed by atoms with van der Waals surface area (Å²) in [7, 11) is 0.692. The molecule has 13 heteroatoms. The van der Waals surface area contributed by atoms with Gasteiger partial charge in [-0.2, -0.15) is 5.10 Å². The molecule has 0 bridgehead atoms. The smallest absolute Gasteiger partial charge is 0.332 e. The number of aryl methyl sites for hydroxylation is 1. The molecule has 1 aromatic carbocycles. The van der Waals surface area contributed by atoms with E-state index in [1.807, 2.05) is 5.38 Å². The van der Waals surface area contributed by atoms with E-state index in [1.165, 1.54) is 54.4 Å². The number of sulfonamides is 1. The van der Waals surface area contributed by atoms with Crippen molar-refractivity contribution in [3.8, 4) is 11.4 Å². The molecule has 0 unspecified atom stereocenters. The Hall–Kier alpha value is -3.55. The minimum absolute atomic E-state index is 0.0320. The van der Waals surface area contributed by atoms with Gasteiger partial charge < -0.3 is 4.57 Å². The molecule has 1 saturated carbocycles. The van der Waals surface area contributed by atoms with Gasteiger partial charge in [-0.3, -0.25) is 18.6 Å². The van der Waals surface area contributed by atoms with Crippen LogP contribution in [-0.4, -0.2) is 38.9 Å². The number of aromatic nitrogens is 5. The number of thiophene rings is 1. The van der Waals surface area contributed by atoms with Gasteiger partial charge in [0.2, 0.25) is 10.0 Å². The van der Waals surface area contributed by atoms with Crippen molar-refractivity contribution in [3.63, 3.8) is 0 Å². The molecule has 198 valence electrons. The van der Waals surface area contributed by atoms with Crippen molar-refractivity contribution >= 4 is 42.5 Å². The van der Waals surface area contributed by atoms with Gasteiger partial charge in [0.15, 0.2) is 5.65 Å². The number of fused-ring (bicyclic) bond motifs is 2. The first-order valence-electron chi connectivity index (χ1n) is 12.1. The van der Waals surface area contributed by atoms with Gasteiger partial charge in [0.05, 0.1) is 12.2 Å². The second-order valence-electron chi connectivity index (χ2n) is 9.69. The molecule has 0 aliphatic heterocycles. The maximum Gasteiger partial charge on any atom is 0.332 e. The maximum absolute atomic E-state index is 14.1. The summed E-state index contributed by atoms with van der Waals surface area (Å²) in [6.45, 7) is 0.631. The lowest BCUT2D eigenvalue weighted by Crippen LogP contribution is -2.38. The number of nitrogens with zero attached hydrogens (tertiary/aromatic N) is 5. The lowest BCUT2D eigenvalue weighted by Gasteiger charge is -2.09. The van der Waals surface area contributed by atoms with Gasteiger partial charge >= 0.3 is 5.69 Å². The molecule has 1 fully saturated rings. The van der Waals surface area contributed by atoms with Crippen LogP contribution >= 0.6 is 11.3 Å². The molecule has 4 heterocycles. The van der Waals surface area contributed by atoms with Gasteiger partial charge in [0.25, 0.3) is 5.56 Å². The van der Waals surface area contributed by atoms with Crippen LogP contribution in [0.3, 0.4) is 0 Å². The minimum atomic E-state index is -3.76. The first kappa shape index (κ1) is 24.8. The summed E-state index contributed by atoms with van der Waals surface area (Å²) in [5.74, 6) is -0.0207. The predicted octanol–water partition coefficient (Wildman–Crippen LogP) is 2.62. The van der Waals surface area contributed by atoms with Crippen molar-refractivity contribution in [2.45, 2.75) is 30.8 Å². The van der Waals surface area contributed by atoms with Gasteiger partial charge in [-0.1, -0.05) is 0 Å². The molecule has 4 aromatic heterocycles. The van der Waals surface area contributed by atoms with Gasteiger partial charge in [0.1, 0.15) is 21.8 Å². The summed E-state index contributed by atoms with van der Waals surface area (Å²) in [4.78, 5) is 26.7. The van der Waals surface area contributed by atoms with E-state index >= 15 is 0 Å². The number of nitrogens with one attached hydrogen (secondary N) is 1. The van der Waals surface area contributed by atoms with E-state index in [2.05, 4.69) is 4.72 Å². The SMILES string of the molecule is CNS(=O)(=O)c1cc(-c2c3c(=O)n(C)c(=O)n(CC4CC4)c3nn2Cc2csc3ccc(F)cc23)n(C)c1. The number of rotatable bonds is 7. The highest BCUT2D eigenvalue weighted by Crippen LogP contribution is 2.34. The van der Waals surface area contributed by atoms with E-state index < -0.39 is 21.3 Å². The van der Waals surface area contributed by atoms with Crippen LogP contribution in [0.4, 0.5) is 4.39 Å². The summed E-state index contributed by atoms with van der Waals surface area (Å²) in [6, 6.07) is 6.07. The molecule has 0 spiro atoms. The molecule has 6 rings (SSSR count). The lowest BCUT2D eigenvalue weighted by atomic mass is 10.1. The van der Waals surface area contributed by atoms with Crippen LogP contribution < -0.4 is 16.0 Å². The first-order valence-corrected chi connectivity index (χ1v) is 14.4. The Morgan fingerprint density at radius 2 is 1.95 bits per heavy atom. The average Bonchev–Trinajstić information content (AvgIpc) is 3.33. The number of hydrogen-bond donors (Lipinski definition) is 1. The Bertz CT molecular complexity index is 1970. The van der Waals surface area contributed by atoms with E-state index in [0.29, 0.717) is 23.9 Å². The largest absolute Gasteiger partial charge is 0.348 e. The van der Waals surface area contributed by atoms with Gasteiger partial charge in [-0.05, 0) is 61.0 Å². The van der Waals surface area contributed by atoms with Crippen LogP contribution in [0.5, 0.6) is 0 Å². The van der Waals surface area contributed by atoms with Gasteiger partial charge in [0, 0.05) is 36.9 Å². The molecular formula is C25H25FN6O4S2. The molecule has 0 saturated heterocycles. The Morgan fingerprint density at radius 1 is 1.18 bits per heavy atom. The second-order valence-corrected chi connectivity index (χ2v) is 12.5. The van der Waals surface area contributed by atoms with E-state index in [9.17, 15) is 22.4 Å². The van der Waals surface area contributed by atoms with E-state index in [-0.39, 0.29) is 28.3 Å². The summed E-state index contributed by atoms with van der Waals surface area (Å²) in [5.41, 5.74) is 0.924. The predicted molar refractivity (Wildman–Crippen MR) is 143 cm³/mol. The van der Waals surface area contributed by atoms with Crippen LogP contribution in [0, 0.1) is 11.7 Å². The zero-order valence-corrected chi connectivity index (χ0v) is 22.6. The molecule has 1 N–H and O–H groups in total. The fourth-order valence-electron chi connectivity index (χ4n) is 4.83. The fraction of sp³-hybridized carbons (Fsp3) is 0.320. The Labute approximate surface area is 220 Å². The highest BCUT2D eigenvalue weighted by Gasteiger charge is 2.29. The van der Waals surface area contributed by atoms with Crippen molar-refractivity contribution in [2.75, 3.05) is 7.05 Å². The van der Waals surface area contributed by atoms with Gasteiger partial charge in [-0.15, -0.1) is 11.3 Å². The molecule has 5 aromatic rings. The van der Waals surface area contributed by atoms with Gasteiger partial charge in [-0.25, -0.2) is 22.3 Å². The fourth-order valence-corrected chi connectivity index (χ4v) is 6.57. The van der Waals surface area contributed by atoms with Crippen LogP contribution in [0.25, 0.3) is 32.5 Å². The topological polar surface area (TPSA) is 113 Å². The Morgan fingerprint density at radius 3 is 2.66 bits per heavy atom. The molecule has 1 aliphatic rings. The van der Waals surface area contributed by atoms with Crippen LogP contribution in [0.2, 0.25) is 0 Å². The Kier molecular flexibility index (Phi) is 5.70. The highest BCUT2D eigenvalue weighted by molar-refractivity contribution is 7.89. The first-order chi connectivity index (χ1) is 18.1. The number of halogens is 1. The standard InChI is InChI=1S/C25H25FN6O4S2/c1-27-38(35,36)17-9-19(29(2)12-17)22-21-23(31(10-14-4-5-14)25(34)30(3)24(21)33)28-32(22)11-15-13-37-20-7-6-16(26)8-18(15)20/h6-9,12-14,27H,4-5,10-11H2,1-3H3. The molecule has 10 nitrogen and oxygen atoms in total. The third-order valence-electron chi connectivity index (χ3n) is 7.10. The zero-order chi connectivity index (χ0) is 26.9. The average molecular weight is 557 g/mol. The van der Waals surface area contributed by atoms with Crippen molar-refractivity contribution in [1.29, 1.82) is 0 Å². The summed E-state index contributed by atoms with van der Waals surface area (Å²) in [5, 5.41) is 7.64. The monoisotopic (exact) mass is 556 g/mol. The summed E-state index contributed by atoms with van der Waals surface area (Å²) in [6.07, 6.45) is 3.46. The number of hydrogen-bond acceptors (Lipinski definition) is 6. The van der Waals surface area contributed by atoms with Crippen molar-refractivity contribution in [3.05, 3.63) is 68.1 Å². The third kappa shape index (κ3) is 3.92. The number of benzene rings is 1. The second kappa shape index (κ2) is 8.75. The molecule has 1 aliphatic carbocycles. The maximum atomic E-state index is 14.1. The normalized spacial score (nSPS) is 14.2. The van der Waals surface area contributed by atoms with Crippen LogP contribution in [0.15, 0.2) is 50.3 Å². The van der Waals surface area contributed by atoms with E-state index in [4.69, 9.17) is 5.10 Å². The molecule has 0 radical (unpaired) electrons. The van der Waals surface area contributed by atoms with Crippen molar-refractivity contribution in [2.24, 2.45) is 20.0 Å². The van der Waals surface area contributed by atoms with Crippen LogP contribution in [-0.2, 0) is 37.2 Å². The van der Waals surface area contributed by atoms with Crippen LogP contribution in [0.1, 0.15) is 18.4 Å². The highest BCUT2D eigenvalue weighted by atomic mass is 32.2. The summed E-state index contributed by atoms with van der Waals surface area (Å²) < 4.78 is 48.3. The Balaban J connectivity index is 1.66.